The Morgan fingerprint density at radius 3 is 2.45 bits per heavy atom. The molecule has 1 aromatic rings. The van der Waals surface area contributed by atoms with Crippen LogP contribution in [0.2, 0.25) is 0 Å². The van der Waals surface area contributed by atoms with Gasteiger partial charge in [0, 0.05) is 16.3 Å². The van der Waals surface area contributed by atoms with Crippen molar-refractivity contribution in [3.63, 3.8) is 0 Å². The highest BCUT2D eigenvalue weighted by Gasteiger charge is 2.57. The third-order valence-corrected chi connectivity index (χ3v) is 3.67. The van der Waals surface area contributed by atoms with Gasteiger partial charge >= 0.3 is 12.1 Å². The van der Waals surface area contributed by atoms with E-state index < -0.39 is 18.7 Å². The Kier molecular flexibility index (Phi) is 5.91. The van der Waals surface area contributed by atoms with Crippen LogP contribution in [0.3, 0.4) is 0 Å². The van der Waals surface area contributed by atoms with Crippen LogP contribution in [0.25, 0.3) is 0 Å². The molecule has 0 saturated heterocycles. The molecular formula is C12H16F5NOS. The summed E-state index contributed by atoms with van der Waals surface area (Å²) >= 11 is 1.47. The summed E-state index contributed by atoms with van der Waals surface area (Å²) in [6.07, 6.45) is -5.58. The monoisotopic (exact) mass is 317 g/mol. The molecule has 0 saturated carbocycles. The lowest BCUT2D eigenvalue weighted by Crippen LogP contribution is -2.40. The molecule has 0 fully saturated rings. The topological polar surface area (TPSA) is 21.3 Å². The fraction of sp³-hybridized carbons (Fsp3) is 0.667. The molecule has 1 N–H and O–H groups in total. The van der Waals surface area contributed by atoms with Crippen molar-refractivity contribution in [1.82, 2.24) is 5.32 Å². The van der Waals surface area contributed by atoms with Crippen molar-refractivity contribution >= 4 is 11.3 Å². The molecule has 0 unspecified atom stereocenters. The predicted molar refractivity (Wildman–Crippen MR) is 67.1 cm³/mol. The standard InChI is InChI=1S/C12H16F5NOS/c1-3-18-5-10-4-9(8(2)20-10)6-19-7-11(13,14)12(15,16)17/h4,18H,3,5-7H2,1-2H3. The number of hydrogen-bond acceptors (Lipinski definition) is 3. The molecule has 0 aliphatic carbocycles. The molecule has 0 aliphatic heterocycles. The molecule has 20 heavy (non-hydrogen) atoms. The molecule has 1 rings (SSSR count). The second-order valence-corrected chi connectivity index (χ2v) is 5.61. The lowest BCUT2D eigenvalue weighted by molar-refractivity contribution is -0.297. The molecule has 0 atom stereocenters. The summed E-state index contributed by atoms with van der Waals surface area (Å²) in [5.41, 5.74) is 0.640. The van der Waals surface area contributed by atoms with Gasteiger partial charge in [0.1, 0.15) is 6.61 Å². The number of hydrogen-bond donors (Lipinski definition) is 1. The zero-order valence-electron chi connectivity index (χ0n) is 11.1. The van der Waals surface area contributed by atoms with Gasteiger partial charge in [-0.1, -0.05) is 6.92 Å². The third kappa shape index (κ3) is 4.68. The summed E-state index contributed by atoms with van der Waals surface area (Å²) in [5, 5.41) is 3.11. The molecule has 1 aromatic heterocycles. The van der Waals surface area contributed by atoms with E-state index in [0.29, 0.717) is 12.1 Å². The van der Waals surface area contributed by atoms with Gasteiger partial charge in [0.15, 0.2) is 0 Å². The Morgan fingerprint density at radius 2 is 1.90 bits per heavy atom. The van der Waals surface area contributed by atoms with Gasteiger partial charge in [0.05, 0.1) is 6.61 Å². The van der Waals surface area contributed by atoms with Gasteiger partial charge in [-0.15, -0.1) is 11.3 Å². The van der Waals surface area contributed by atoms with Gasteiger partial charge in [0.25, 0.3) is 0 Å². The summed E-state index contributed by atoms with van der Waals surface area (Å²) in [7, 11) is 0. The maximum Gasteiger partial charge on any atom is 0.455 e. The first-order valence-electron chi connectivity index (χ1n) is 5.98. The zero-order chi connectivity index (χ0) is 15.4. The Hall–Kier alpha value is -0.730. The SMILES string of the molecule is CCNCc1cc(COCC(F)(F)C(F)(F)F)c(C)s1. The first-order valence-corrected chi connectivity index (χ1v) is 6.80. The van der Waals surface area contributed by atoms with Crippen LogP contribution >= 0.6 is 11.3 Å². The zero-order valence-corrected chi connectivity index (χ0v) is 11.9. The van der Waals surface area contributed by atoms with E-state index in [1.54, 1.807) is 13.0 Å². The summed E-state index contributed by atoms with van der Waals surface area (Å²) < 4.78 is 65.7. The molecular weight excluding hydrogens is 301 g/mol. The number of nitrogens with one attached hydrogen (secondary N) is 1. The van der Waals surface area contributed by atoms with E-state index in [0.717, 1.165) is 16.3 Å². The molecule has 0 amide bonds. The Labute approximate surface area is 117 Å². The predicted octanol–water partition coefficient (Wildman–Crippen LogP) is 3.88. The molecule has 0 radical (unpaired) electrons. The van der Waals surface area contributed by atoms with Gasteiger partial charge < -0.3 is 10.1 Å². The minimum absolute atomic E-state index is 0.250. The Bertz CT molecular complexity index is 430. The van der Waals surface area contributed by atoms with Gasteiger partial charge in [-0.25, -0.2) is 0 Å². The molecule has 116 valence electrons. The molecule has 0 bridgehead atoms. The Balaban J connectivity index is 2.52. The van der Waals surface area contributed by atoms with Crippen LogP contribution in [0.15, 0.2) is 6.07 Å². The van der Waals surface area contributed by atoms with E-state index in [1.165, 1.54) is 11.3 Å². The molecule has 0 spiro atoms. The lowest BCUT2D eigenvalue weighted by Gasteiger charge is -2.19. The largest absolute Gasteiger partial charge is 0.455 e. The molecule has 8 heteroatoms. The summed E-state index contributed by atoms with van der Waals surface area (Å²) in [6, 6.07) is 1.76. The Morgan fingerprint density at radius 1 is 1.25 bits per heavy atom. The maximum absolute atomic E-state index is 12.6. The van der Waals surface area contributed by atoms with E-state index in [4.69, 9.17) is 0 Å². The van der Waals surface area contributed by atoms with E-state index in [9.17, 15) is 22.0 Å². The van der Waals surface area contributed by atoms with E-state index in [-0.39, 0.29) is 6.61 Å². The molecule has 0 aromatic carbocycles. The lowest BCUT2D eigenvalue weighted by atomic mass is 10.2. The van der Waals surface area contributed by atoms with E-state index in [2.05, 4.69) is 10.1 Å². The smallest absolute Gasteiger partial charge is 0.370 e. The second-order valence-electron chi connectivity index (χ2n) is 4.27. The number of alkyl halides is 5. The number of halogens is 5. The number of rotatable bonds is 7. The van der Waals surface area contributed by atoms with Crippen molar-refractivity contribution in [2.24, 2.45) is 0 Å². The molecule has 1 heterocycles. The van der Waals surface area contributed by atoms with Crippen molar-refractivity contribution in [3.8, 4) is 0 Å². The van der Waals surface area contributed by atoms with Crippen molar-refractivity contribution in [1.29, 1.82) is 0 Å². The van der Waals surface area contributed by atoms with Crippen LogP contribution in [0.5, 0.6) is 0 Å². The quantitative estimate of drug-likeness (QED) is 0.771. The van der Waals surface area contributed by atoms with Gasteiger partial charge in [-0.3, -0.25) is 0 Å². The number of aryl methyl sites for hydroxylation is 1. The molecule has 2 nitrogen and oxygen atoms in total. The van der Waals surface area contributed by atoms with Crippen molar-refractivity contribution in [2.45, 2.75) is 39.1 Å². The minimum Gasteiger partial charge on any atom is -0.370 e. The highest BCUT2D eigenvalue weighted by Crippen LogP contribution is 2.35. The van der Waals surface area contributed by atoms with Crippen LogP contribution in [-0.4, -0.2) is 25.3 Å². The van der Waals surface area contributed by atoms with Gasteiger partial charge in [-0.2, -0.15) is 22.0 Å². The van der Waals surface area contributed by atoms with E-state index in [1.807, 2.05) is 6.92 Å². The summed E-state index contributed by atoms with van der Waals surface area (Å²) in [6.45, 7) is 3.25. The van der Waals surface area contributed by atoms with Crippen LogP contribution in [0.4, 0.5) is 22.0 Å². The number of ether oxygens (including phenoxy) is 1. The summed E-state index contributed by atoms with van der Waals surface area (Å²) in [4.78, 5) is 1.85. The normalized spacial score (nSPS) is 12.9. The minimum atomic E-state index is -5.58. The first-order chi connectivity index (χ1) is 9.17. The van der Waals surface area contributed by atoms with Crippen LogP contribution < -0.4 is 5.32 Å². The fourth-order valence-electron chi connectivity index (χ4n) is 1.44. The number of thiophene rings is 1. The van der Waals surface area contributed by atoms with Crippen molar-refractivity contribution < 1.29 is 26.7 Å². The maximum atomic E-state index is 12.6. The second kappa shape index (κ2) is 6.82. The van der Waals surface area contributed by atoms with Gasteiger partial charge in [0.2, 0.25) is 0 Å². The first kappa shape index (κ1) is 17.3. The average Bonchev–Trinajstić information content (AvgIpc) is 2.66. The third-order valence-electron chi connectivity index (χ3n) is 2.58. The van der Waals surface area contributed by atoms with Crippen LogP contribution in [-0.2, 0) is 17.9 Å². The van der Waals surface area contributed by atoms with E-state index >= 15 is 0 Å². The molecule has 0 aliphatic rings. The highest BCUT2D eigenvalue weighted by molar-refractivity contribution is 7.12. The highest BCUT2D eigenvalue weighted by atomic mass is 32.1. The van der Waals surface area contributed by atoms with Gasteiger partial charge in [-0.05, 0) is 25.1 Å². The van der Waals surface area contributed by atoms with Crippen LogP contribution in [0, 0.1) is 6.92 Å². The van der Waals surface area contributed by atoms with Crippen molar-refractivity contribution in [3.05, 3.63) is 21.4 Å². The summed E-state index contributed by atoms with van der Waals surface area (Å²) in [5.74, 6) is -4.82. The average molecular weight is 317 g/mol. The fourth-order valence-corrected chi connectivity index (χ4v) is 2.45. The van der Waals surface area contributed by atoms with Crippen LogP contribution in [0.1, 0.15) is 22.2 Å². The van der Waals surface area contributed by atoms with Crippen molar-refractivity contribution in [2.75, 3.05) is 13.2 Å².